The average molecular weight is 338 g/mol. The highest BCUT2D eigenvalue weighted by Crippen LogP contribution is 2.33. The molecule has 2 heterocycles. The van der Waals surface area contributed by atoms with Crippen molar-refractivity contribution in [3.63, 3.8) is 0 Å². The van der Waals surface area contributed by atoms with Gasteiger partial charge in [0.1, 0.15) is 12.4 Å². The lowest BCUT2D eigenvalue weighted by atomic mass is 10.2. The van der Waals surface area contributed by atoms with Crippen molar-refractivity contribution >= 4 is 11.0 Å². The molecule has 3 aromatic rings. The summed E-state index contributed by atoms with van der Waals surface area (Å²) < 4.78 is 17.0. The van der Waals surface area contributed by atoms with Gasteiger partial charge in [0.2, 0.25) is 0 Å². The van der Waals surface area contributed by atoms with Crippen molar-refractivity contribution in [2.24, 2.45) is 0 Å². The SMILES string of the molecule is COc1cc(-c2nc3ccc(C)cc3[nH]2)ccc1OCC1CCCO1. The minimum Gasteiger partial charge on any atom is -0.493 e. The number of benzene rings is 2. The number of ether oxygens (including phenoxy) is 3. The van der Waals surface area contributed by atoms with Gasteiger partial charge in [0.05, 0.1) is 24.2 Å². The molecule has 1 unspecified atom stereocenters. The van der Waals surface area contributed by atoms with Crippen molar-refractivity contribution in [1.82, 2.24) is 9.97 Å². The van der Waals surface area contributed by atoms with Crippen molar-refractivity contribution in [2.45, 2.75) is 25.9 Å². The zero-order valence-electron chi connectivity index (χ0n) is 14.5. The van der Waals surface area contributed by atoms with E-state index >= 15 is 0 Å². The topological polar surface area (TPSA) is 56.4 Å². The molecule has 0 saturated carbocycles. The molecule has 1 atom stereocenters. The molecule has 25 heavy (non-hydrogen) atoms. The summed E-state index contributed by atoms with van der Waals surface area (Å²) in [6.45, 7) is 3.46. The summed E-state index contributed by atoms with van der Waals surface area (Å²) in [6.07, 6.45) is 2.34. The number of fused-ring (bicyclic) bond motifs is 1. The Hall–Kier alpha value is -2.53. The molecule has 1 saturated heterocycles. The first-order valence-electron chi connectivity index (χ1n) is 8.62. The fraction of sp³-hybridized carbons (Fsp3) is 0.350. The Morgan fingerprint density at radius 1 is 1.20 bits per heavy atom. The van der Waals surface area contributed by atoms with Crippen LogP contribution in [0.2, 0.25) is 0 Å². The number of aryl methyl sites for hydroxylation is 1. The van der Waals surface area contributed by atoms with Crippen LogP contribution in [0.3, 0.4) is 0 Å². The Morgan fingerprint density at radius 2 is 2.12 bits per heavy atom. The molecule has 4 rings (SSSR count). The van der Waals surface area contributed by atoms with E-state index in [2.05, 4.69) is 29.0 Å². The van der Waals surface area contributed by atoms with Crippen LogP contribution in [0.25, 0.3) is 22.4 Å². The number of methoxy groups -OCH3 is 1. The lowest BCUT2D eigenvalue weighted by Gasteiger charge is -2.14. The lowest BCUT2D eigenvalue weighted by Crippen LogP contribution is -2.16. The van der Waals surface area contributed by atoms with Gasteiger partial charge in [-0.15, -0.1) is 0 Å². The molecule has 1 aliphatic rings. The van der Waals surface area contributed by atoms with E-state index in [1.165, 1.54) is 5.56 Å². The zero-order valence-corrected chi connectivity index (χ0v) is 14.5. The Labute approximate surface area is 146 Å². The highest BCUT2D eigenvalue weighted by Gasteiger charge is 2.17. The van der Waals surface area contributed by atoms with Crippen molar-refractivity contribution in [1.29, 1.82) is 0 Å². The molecule has 5 nitrogen and oxygen atoms in total. The molecule has 1 aliphatic heterocycles. The first kappa shape index (κ1) is 16.0. The molecule has 0 aliphatic carbocycles. The van der Waals surface area contributed by atoms with Gasteiger partial charge in [0.25, 0.3) is 0 Å². The Bertz CT molecular complexity index is 882. The van der Waals surface area contributed by atoms with Crippen LogP contribution in [-0.2, 0) is 4.74 Å². The largest absolute Gasteiger partial charge is 0.493 e. The summed E-state index contributed by atoms with van der Waals surface area (Å²) in [5.41, 5.74) is 4.17. The molecule has 2 aromatic carbocycles. The highest BCUT2D eigenvalue weighted by atomic mass is 16.5. The second kappa shape index (κ2) is 6.76. The van der Waals surface area contributed by atoms with Gasteiger partial charge in [-0.3, -0.25) is 0 Å². The average Bonchev–Trinajstić information content (AvgIpc) is 3.28. The standard InChI is InChI=1S/C20H22N2O3/c1-13-5-7-16-17(10-13)22-20(21-16)14-6-8-18(19(11-14)23-2)25-12-15-4-3-9-24-15/h5-8,10-11,15H,3-4,9,12H2,1-2H3,(H,21,22). The van der Waals surface area contributed by atoms with Gasteiger partial charge in [-0.05, 0) is 55.7 Å². The van der Waals surface area contributed by atoms with Gasteiger partial charge in [0.15, 0.2) is 11.5 Å². The van der Waals surface area contributed by atoms with E-state index in [-0.39, 0.29) is 6.10 Å². The Kier molecular flexibility index (Phi) is 4.32. The number of H-pyrrole nitrogens is 1. The number of hydrogen-bond acceptors (Lipinski definition) is 4. The molecule has 1 fully saturated rings. The summed E-state index contributed by atoms with van der Waals surface area (Å²) >= 11 is 0. The summed E-state index contributed by atoms with van der Waals surface area (Å²) in [6, 6.07) is 12.1. The van der Waals surface area contributed by atoms with Crippen LogP contribution >= 0.6 is 0 Å². The predicted molar refractivity (Wildman–Crippen MR) is 97.3 cm³/mol. The number of nitrogens with zero attached hydrogens (tertiary/aromatic N) is 1. The summed E-state index contributed by atoms with van der Waals surface area (Å²) in [4.78, 5) is 8.04. The van der Waals surface area contributed by atoms with Crippen LogP contribution in [0.5, 0.6) is 11.5 Å². The van der Waals surface area contributed by atoms with E-state index in [0.717, 1.165) is 47.6 Å². The van der Waals surface area contributed by atoms with Gasteiger partial charge < -0.3 is 19.2 Å². The van der Waals surface area contributed by atoms with Gasteiger partial charge in [-0.25, -0.2) is 4.98 Å². The van der Waals surface area contributed by atoms with Crippen LogP contribution in [0, 0.1) is 6.92 Å². The second-order valence-electron chi connectivity index (χ2n) is 6.42. The molecule has 0 amide bonds. The van der Waals surface area contributed by atoms with Crippen molar-refractivity contribution in [2.75, 3.05) is 20.3 Å². The van der Waals surface area contributed by atoms with Crippen LogP contribution in [0.4, 0.5) is 0 Å². The fourth-order valence-electron chi connectivity index (χ4n) is 3.15. The van der Waals surface area contributed by atoms with E-state index in [1.54, 1.807) is 7.11 Å². The quantitative estimate of drug-likeness (QED) is 0.761. The number of aromatic nitrogens is 2. The van der Waals surface area contributed by atoms with E-state index in [4.69, 9.17) is 14.2 Å². The molecule has 0 spiro atoms. The maximum atomic E-state index is 5.90. The van der Waals surface area contributed by atoms with Gasteiger partial charge in [-0.2, -0.15) is 0 Å². The van der Waals surface area contributed by atoms with E-state index in [0.29, 0.717) is 12.4 Å². The van der Waals surface area contributed by atoms with Crippen LogP contribution in [-0.4, -0.2) is 36.4 Å². The smallest absolute Gasteiger partial charge is 0.161 e. The third-order valence-electron chi connectivity index (χ3n) is 4.52. The number of rotatable bonds is 5. The number of hydrogen-bond donors (Lipinski definition) is 1. The summed E-state index contributed by atoms with van der Waals surface area (Å²) in [5, 5.41) is 0. The molecule has 1 N–H and O–H groups in total. The van der Waals surface area contributed by atoms with E-state index < -0.39 is 0 Å². The fourth-order valence-corrected chi connectivity index (χ4v) is 3.15. The molecule has 0 bridgehead atoms. The lowest BCUT2D eigenvalue weighted by molar-refractivity contribution is 0.0670. The van der Waals surface area contributed by atoms with E-state index in [1.807, 2.05) is 24.3 Å². The minimum atomic E-state index is 0.183. The summed E-state index contributed by atoms with van der Waals surface area (Å²) in [7, 11) is 1.65. The van der Waals surface area contributed by atoms with Crippen molar-refractivity contribution < 1.29 is 14.2 Å². The maximum absolute atomic E-state index is 5.90. The van der Waals surface area contributed by atoms with Gasteiger partial charge in [-0.1, -0.05) is 6.07 Å². The molecule has 0 radical (unpaired) electrons. The van der Waals surface area contributed by atoms with E-state index in [9.17, 15) is 0 Å². The van der Waals surface area contributed by atoms with Gasteiger partial charge >= 0.3 is 0 Å². The molecule has 5 heteroatoms. The number of aromatic amines is 1. The molecular weight excluding hydrogens is 316 g/mol. The number of imidazole rings is 1. The third kappa shape index (κ3) is 3.33. The normalized spacial score (nSPS) is 17.1. The first-order valence-corrected chi connectivity index (χ1v) is 8.62. The predicted octanol–water partition coefficient (Wildman–Crippen LogP) is 4.10. The maximum Gasteiger partial charge on any atom is 0.161 e. The first-order chi connectivity index (χ1) is 12.2. The highest BCUT2D eigenvalue weighted by molar-refractivity contribution is 5.80. The Balaban J connectivity index is 1.58. The van der Waals surface area contributed by atoms with Crippen LogP contribution < -0.4 is 9.47 Å². The Morgan fingerprint density at radius 3 is 2.92 bits per heavy atom. The zero-order chi connectivity index (χ0) is 17.2. The molecular formula is C20H22N2O3. The second-order valence-corrected chi connectivity index (χ2v) is 6.42. The summed E-state index contributed by atoms with van der Waals surface area (Å²) in [5.74, 6) is 2.26. The van der Waals surface area contributed by atoms with Crippen molar-refractivity contribution in [3.05, 3.63) is 42.0 Å². The van der Waals surface area contributed by atoms with Gasteiger partial charge in [0, 0.05) is 12.2 Å². The number of nitrogens with one attached hydrogen (secondary N) is 1. The third-order valence-corrected chi connectivity index (χ3v) is 4.52. The van der Waals surface area contributed by atoms with Crippen LogP contribution in [0.15, 0.2) is 36.4 Å². The monoisotopic (exact) mass is 338 g/mol. The minimum absolute atomic E-state index is 0.183. The van der Waals surface area contributed by atoms with Crippen molar-refractivity contribution in [3.8, 4) is 22.9 Å². The van der Waals surface area contributed by atoms with Crippen LogP contribution in [0.1, 0.15) is 18.4 Å². The molecule has 130 valence electrons. The molecule has 1 aromatic heterocycles.